The number of hydrogen-bond donors (Lipinski definition) is 3. The first-order valence-corrected chi connectivity index (χ1v) is 7.53. The lowest BCUT2D eigenvalue weighted by Crippen LogP contribution is -2.41. The fourth-order valence-corrected chi connectivity index (χ4v) is 1.77. The van der Waals surface area contributed by atoms with Crippen molar-refractivity contribution in [3.63, 3.8) is 0 Å². The van der Waals surface area contributed by atoms with Gasteiger partial charge in [-0.25, -0.2) is 9.97 Å². The second-order valence-corrected chi connectivity index (χ2v) is 5.71. The zero-order chi connectivity index (χ0) is 16.0. The molecule has 0 aliphatic heterocycles. The van der Waals surface area contributed by atoms with E-state index in [1.807, 2.05) is 47.6 Å². The van der Waals surface area contributed by atoms with Crippen LogP contribution in [-0.4, -0.2) is 34.5 Å². The molecule has 1 amide bonds. The maximum absolute atomic E-state index is 12.0. The highest BCUT2D eigenvalue weighted by molar-refractivity contribution is 5.84. The third-order valence-electron chi connectivity index (χ3n) is 2.81. The highest BCUT2D eigenvalue weighted by Crippen LogP contribution is 2.17. The van der Waals surface area contributed by atoms with Crippen LogP contribution < -0.4 is 16.0 Å². The lowest BCUT2D eigenvalue weighted by Gasteiger charge is -2.18. The molecule has 1 atom stereocenters. The van der Waals surface area contributed by atoms with Crippen molar-refractivity contribution >= 4 is 17.5 Å². The van der Waals surface area contributed by atoms with Crippen molar-refractivity contribution in [2.75, 3.05) is 17.2 Å². The molecule has 118 valence electrons. The van der Waals surface area contributed by atoms with Crippen LogP contribution in [0.5, 0.6) is 0 Å². The predicted molar refractivity (Wildman–Crippen MR) is 86.6 cm³/mol. The zero-order valence-electron chi connectivity index (χ0n) is 13.8. The summed E-state index contributed by atoms with van der Waals surface area (Å²) in [6, 6.07) is 1.60. The van der Waals surface area contributed by atoms with E-state index >= 15 is 0 Å². The third-order valence-corrected chi connectivity index (χ3v) is 2.81. The van der Waals surface area contributed by atoms with E-state index in [9.17, 15) is 4.79 Å². The molecule has 6 heteroatoms. The van der Waals surface area contributed by atoms with Crippen LogP contribution in [0.15, 0.2) is 6.07 Å². The SMILES string of the molecule is CCNc1cc(NC(C)C(=O)NC(C)C)nc(C(C)C)n1. The molecule has 21 heavy (non-hydrogen) atoms. The Labute approximate surface area is 127 Å². The van der Waals surface area contributed by atoms with E-state index in [-0.39, 0.29) is 23.9 Å². The van der Waals surface area contributed by atoms with Gasteiger partial charge in [-0.05, 0) is 27.7 Å². The molecule has 0 aliphatic rings. The number of carbonyl (C=O) groups is 1. The summed E-state index contributed by atoms with van der Waals surface area (Å²) in [5.41, 5.74) is 0. The van der Waals surface area contributed by atoms with Crippen LogP contribution in [-0.2, 0) is 4.79 Å². The molecule has 1 aromatic heterocycles. The van der Waals surface area contributed by atoms with Gasteiger partial charge in [0, 0.05) is 24.6 Å². The van der Waals surface area contributed by atoms with Gasteiger partial charge in [-0.2, -0.15) is 0 Å². The van der Waals surface area contributed by atoms with Crippen LogP contribution in [0.25, 0.3) is 0 Å². The fraction of sp³-hybridized carbons (Fsp3) is 0.667. The molecule has 3 N–H and O–H groups in total. The van der Waals surface area contributed by atoms with Gasteiger partial charge in [-0.3, -0.25) is 4.79 Å². The predicted octanol–water partition coefficient (Wildman–Crippen LogP) is 2.36. The Bertz CT molecular complexity index is 473. The molecule has 1 aromatic rings. The van der Waals surface area contributed by atoms with Crippen molar-refractivity contribution in [2.24, 2.45) is 0 Å². The molecular formula is C15H27N5O. The number of nitrogens with one attached hydrogen (secondary N) is 3. The number of rotatable bonds is 7. The Morgan fingerprint density at radius 2 is 1.76 bits per heavy atom. The first-order chi connectivity index (χ1) is 9.83. The maximum atomic E-state index is 12.0. The van der Waals surface area contributed by atoms with Gasteiger partial charge in [0.25, 0.3) is 0 Å². The minimum atomic E-state index is -0.350. The van der Waals surface area contributed by atoms with Crippen LogP contribution in [0, 0.1) is 0 Å². The summed E-state index contributed by atoms with van der Waals surface area (Å²) in [5, 5.41) is 9.20. The van der Waals surface area contributed by atoms with E-state index in [0.29, 0.717) is 5.82 Å². The minimum Gasteiger partial charge on any atom is -0.370 e. The molecule has 6 nitrogen and oxygen atoms in total. The molecule has 1 unspecified atom stereocenters. The van der Waals surface area contributed by atoms with Gasteiger partial charge in [0.1, 0.15) is 23.5 Å². The topological polar surface area (TPSA) is 78.9 Å². The summed E-state index contributed by atoms with van der Waals surface area (Å²) in [6.45, 7) is 12.6. The van der Waals surface area contributed by atoms with Crippen LogP contribution in [0.1, 0.15) is 53.3 Å². The van der Waals surface area contributed by atoms with Gasteiger partial charge < -0.3 is 16.0 Å². The second-order valence-electron chi connectivity index (χ2n) is 5.71. The van der Waals surface area contributed by atoms with Gasteiger partial charge in [-0.15, -0.1) is 0 Å². The average Bonchev–Trinajstić information content (AvgIpc) is 2.37. The number of aromatic nitrogens is 2. The number of carbonyl (C=O) groups excluding carboxylic acids is 1. The van der Waals surface area contributed by atoms with Crippen LogP contribution in [0.3, 0.4) is 0 Å². The lowest BCUT2D eigenvalue weighted by atomic mass is 10.2. The van der Waals surface area contributed by atoms with Crippen LogP contribution in [0.2, 0.25) is 0 Å². The number of hydrogen-bond acceptors (Lipinski definition) is 5. The molecule has 0 aliphatic carbocycles. The smallest absolute Gasteiger partial charge is 0.242 e. The Balaban J connectivity index is 2.88. The normalized spacial score (nSPS) is 12.4. The van der Waals surface area contributed by atoms with E-state index in [1.54, 1.807) is 0 Å². The summed E-state index contributed by atoms with van der Waals surface area (Å²) in [4.78, 5) is 20.9. The first-order valence-electron chi connectivity index (χ1n) is 7.53. The van der Waals surface area contributed by atoms with Crippen molar-refractivity contribution in [3.8, 4) is 0 Å². The number of nitrogens with zero attached hydrogens (tertiary/aromatic N) is 2. The summed E-state index contributed by atoms with van der Waals surface area (Å²) in [7, 11) is 0. The molecule has 0 bridgehead atoms. The Hall–Kier alpha value is -1.85. The molecule has 0 radical (unpaired) electrons. The molecule has 1 heterocycles. The minimum absolute atomic E-state index is 0.0419. The van der Waals surface area contributed by atoms with E-state index in [2.05, 4.69) is 25.9 Å². The molecule has 0 fully saturated rings. The van der Waals surface area contributed by atoms with Crippen LogP contribution in [0.4, 0.5) is 11.6 Å². The van der Waals surface area contributed by atoms with Crippen molar-refractivity contribution in [1.29, 1.82) is 0 Å². The molecular weight excluding hydrogens is 266 g/mol. The van der Waals surface area contributed by atoms with E-state index in [0.717, 1.165) is 18.2 Å². The highest BCUT2D eigenvalue weighted by atomic mass is 16.2. The van der Waals surface area contributed by atoms with Crippen molar-refractivity contribution in [2.45, 2.75) is 59.5 Å². The van der Waals surface area contributed by atoms with Gasteiger partial charge in [-0.1, -0.05) is 13.8 Å². The number of amides is 1. The van der Waals surface area contributed by atoms with Gasteiger partial charge in [0.15, 0.2) is 0 Å². The van der Waals surface area contributed by atoms with Crippen molar-refractivity contribution in [1.82, 2.24) is 15.3 Å². The average molecular weight is 293 g/mol. The van der Waals surface area contributed by atoms with E-state index < -0.39 is 0 Å². The van der Waals surface area contributed by atoms with Gasteiger partial charge in [0.05, 0.1) is 0 Å². The quantitative estimate of drug-likeness (QED) is 0.719. The summed E-state index contributed by atoms with van der Waals surface area (Å²) in [6.07, 6.45) is 0. The van der Waals surface area contributed by atoms with Gasteiger partial charge in [0.2, 0.25) is 5.91 Å². The Morgan fingerprint density at radius 3 is 2.29 bits per heavy atom. The second kappa shape index (κ2) is 7.81. The standard InChI is InChI=1S/C15H27N5O/c1-7-16-12-8-13(20-14(19-12)9(2)3)18-11(6)15(21)17-10(4)5/h8-11H,7H2,1-6H3,(H,17,21)(H2,16,18,19,20). The number of anilines is 2. The maximum Gasteiger partial charge on any atom is 0.242 e. The molecule has 0 saturated heterocycles. The van der Waals surface area contributed by atoms with E-state index in [4.69, 9.17) is 0 Å². The summed E-state index contributed by atoms with van der Waals surface area (Å²) >= 11 is 0. The fourth-order valence-electron chi connectivity index (χ4n) is 1.77. The van der Waals surface area contributed by atoms with Crippen molar-refractivity contribution < 1.29 is 4.79 Å². The van der Waals surface area contributed by atoms with Crippen LogP contribution >= 0.6 is 0 Å². The zero-order valence-corrected chi connectivity index (χ0v) is 13.8. The monoisotopic (exact) mass is 293 g/mol. The van der Waals surface area contributed by atoms with E-state index in [1.165, 1.54) is 0 Å². The molecule has 0 saturated carbocycles. The van der Waals surface area contributed by atoms with Gasteiger partial charge >= 0.3 is 0 Å². The third kappa shape index (κ3) is 5.57. The highest BCUT2D eigenvalue weighted by Gasteiger charge is 2.15. The van der Waals surface area contributed by atoms with Crippen molar-refractivity contribution in [3.05, 3.63) is 11.9 Å². The lowest BCUT2D eigenvalue weighted by molar-refractivity contribution is -0.122. The molecule has 0 spiro atoms. The summed E-state index contributed by atoms with van der Waals surface area (Å²) < 4.78 is 0. The first kappa shape index (κ1) is 17.2. The summed E-state index contributed by atoms with van der Waals surface area (Å²) in [5.74, 6) is 2.38. The molecule has 1 rings (SSSR count). The Kier molecular flexibility index (Phi) is 6.39. The molecule has 0 aromatic carbocycles. The Morgan fingerprint density at radius 1 is 1.14 bits per heavy atom. The largest absolute Gasteiger partial charge is 0.370 e.